The van der Waals surface area contributed by atoms with Crippen LogP contribution in [0.3, 0.4) is 0 Å². The Balaban J connectivity index is 1.74. The van der Waals surface area contributed by atoms with Crippen molar-refractivity contribution in [2.45, 2.75) is 44.9 Å². The van der Waals surface area contributed by atoms with E-state index in [-0.39, 0.29) is 17.0 Å². The number of aromatic nitrogens is 1. The molecule has 1 heterocycles. The molecule has 1 aromatic heterocycles. The van der Waals surface area contributed by atoms with Gasteiger partial charge in [0.2, 0.25) is 0 Å². The van der Waals surface area contributed by atoms with Crippen molar-refractivity contribution in [2.24, 2.45) is 7.05 Å². The van der Waals surface area contributed by atoms with E-state index in [0.717, 1.165) is 43.4 Å². The maximum atomic E-state index is 12.6. The zero-order valence-electron chi connectivity index (χ0n) is 14.9. The molecule has 0 aliphatic heterocycles. The molecule has 4 nitrogen and oxygen atoms in total. The molecule has 0 unspecified atom stereocenters. The van der Waals surface area contributed by atoms with Crippen LogP contribution in [0.15, 0.2) is 41.2 Å². The summed E-state index contributed by atoms with van der Waals surface area (Å²) in [6, 6.07) is 11.9. The van der Waals surface area contributed by atoms with Crippen molar-refractivity contribution in [3.8, 4) is 0 Å². The number of carbonyl (C=O) groups excluding carboxylic acids is 1. The fraction of sp³-hybridized carbons (Fsp3) is 0.429. The Morgan fingerprint density at radius 1 is 1.08 bits per heavy atom. The first kappa shape index (κ1) is 17.5. The summed E-state index contributed by atoms with van der Waals surface area (Å²) < 4.78 is 1.69. The number of benzene rings is 1. The van der Waals surface area contributed by atoms with Crippen LogP contribution in [0.5, 0.6) is 0 Å². The van der Waals surface area contributed by atoms with Crippen LogP contribution in [0.4, 0.5) is 0 Å². The van der Waals surface area contributed by atoms with Crippen LogP contribution in [-0.4, -0.2) is 17.0 Å². The molecule has 0 spiro atoms. The number of nitrogens with one attached hydrogen (secondary N) is 1. The lowest BCUT2D eigenvalue weighted by Gasteiger charge is -2.18. The Bertz CT molecular complexity index is 794. The van der Waals surface area contributed by atoms with E-state index in [2.05, 4.69) is 5.32 Å². The van der Waals surface area contributed by atoms with Crippen molar-refractivity contribution in [3.63, 3.8) is 0 Å². The van der Waals surface area contributed by atoms with Crippen molar-refractivity contribution in [1.29, 1.82) is 0 Å². The van der Waals surface area contributed by atoms with E-state index >= 15 is 0 Å². The van der Waals surface area contributed by atoms with Gasteiger partial charge in [0.1, 0.15) is 5.56 Å². The molecule has 25 heavy (non-hydrogen) atoms. The zero-order valence-corrected chi connectivity index (χ0v) is 14.9. The fourth-order valence-corrected chi connectivity index (χ4v) is 3.57. The summed E-state index contributed by atoms with van der Waals surface area (Å²) in [6.45, 7) is 0.531. The van der Waals surface area contributed by atoms with Crippen molar-refractivity contribution in [1.82, 2.24) is 9.88 Å². The minimum Gasteiger partial charge on any atom is -0.352 e. The van der Waals surface area contributed by atoms with Crippen LogP contribution >= 0.6 is 0 Å². The van der Waals surface area contributed by atoms with E-state index in [1.165, 1.54) is 18.4 Å². The quantitative estimate of drug-likeness (QED) is 0.932. The van der Waals surface area contributed by atoms with Gasteiger partial charge in [-0.2, -0.15) is 0 Å². The molecule has 4 heteroatoms. The van der Waals surface area contributed by atoms with E-state index in [1.54, 1.807) is 11.6 Å². The van der Waals surface area contributed by atoms with Gasteiger partial charge in [0, 0.05) is 19.3 Å². The number of rotatable bonds is 4. The third-order valence-corrected chi connectivity index (χ3v) is 5.03. The highest BCUT2D eigenvalue weighted by Gasteiger charge is 2.18. The lowest BCUT2D eigenvalue weighted by Crippen LogP contribution is -2.35. The lowest BCUT2D eigenvalue weighted by atomic mass is 9.95. The van der Waals surface area contributed by atoms with Crippen LogP contribution in [0.25, 0.3) is 0 Å². The summed E-state index contributed by atoms with van der Waals surface area (Å²) in [5.41, 5.74) is 3.53. The van der Waals surface area contributed by atoms with E-state index in [1.807, 2.05) is 36.4 Å². The summed E-state index contributed by atoms with van der Waals surface area (Å²) >= 11 is 0. The molecule has 0 bridgehead atoms. The van der Waals surface area contributed by atoms with Gasteiger partial charge in [-0.3, -0.25) is 9.59 Å². The smallest absolute Gasteiger partial charge is 0.263 e. The molecule has 0 fully saturated rings. The Hall–Kier alpha value is -2.36. The Labute approximate surface area is 148 Å². The normalized spacial score (nSPS) is 14.3. The maximum absolute atomic E-state index is 12.6. The van der Waals surface area contributed by atoms with Crippen LogP contribution < -0.4 is 10.9 Å². The van der Waals surface area contributed by atoms with Gasteiger partial charge in [-0.25, -0.2) is 0 Å². The maximum Gasteiger partial charge on any atom is 0.263 e. The molecule has 132 valence electrons. The van der Waals surface area contributed by atoms with Crippen molar-refractivity contribution >= 4 is 5.91 Å². The minimum absolute atomic E-state index is 0.184. The number of aryl methyl sites for hydroxylation is 1. The summed E-state index contributed by atoms with van der Waals surface area (Å²) in [7, 11) is 1.80. The van der Waals surface area contributed by atoms with Crippen LogP contribution in [0.2, 0.25) is 0 Å². The van der Waals surface area contributed by atoms with Gasteiger partial charge in [0.15, 0.2) is 0 Å². The highest BCUT2D eigenvalue weighted by Crippen LogP contribution is 2.19. The highest BCUT2D eigenvalue weighted by atomic mass is 16.2. The molecular weight excluding hydrogens is 312 g/mol. The van der Waals surface area contributed by atoms with Gasteiger partial charge in [0.25, 0.3) is 11.5 Å². The van der Waals surface area contributed by atoms with Gasteiger partial charge < -0.3 is 9.88 Å². The number of amides is 1. The predicted octanol–water partition coefficient (Wildman–Crippen LogP) is 3.02. The number of carbonyl (C=O) groups is 1. The minimum atomic E-state index is -0.263. The van der Waals surface area contributed by atoms with Crippen LogP contribution in [0.1, 0.15) is 52.9 Å². The van der Waals surface area contributed by atoms with Gasteiger partial charge in [-0.1, -0.05) is 43.2 Å². The third-order valence-electron chi connectivity index (χ3n) is 5.03. The molecule has 1 aliphatic carbocycles. The average Bonchev–Trinajstić information content (AvgIpc) is 2.60. The second-order valence-corrected chi connectivity index (χ2v) is 6.80. The molecule has 3 rings (SSSR count). The van der Waals surface area contributed by atoms with Gasteiger partial charge >= 0.3 is 0 Å². The first-order chi connectivity index (χ1) is 12.2. The summed E-state index contributed by atoms with van der Waals surface area (Å²) in [6.07, 6.45) is 7.32. The Kier molecular flexibility index (Phi) is 5.69. The molecule has 1 N–H and O–H groups in total. The largest absolute Gasteiger partial charge is 0.352 e. The number of hydrogen-bond acceptors (Lipinski definition) is 2. The Morgan fingerprint density at radius 3 is 2.56 bits per heavy atom. The molecule has 0 radical (unpaired) electrons. The van der Waals surface area contributed by atoms with E-state index in [9.17, 15) is 9.59 Å². The predicted molar refractivity (Wildman–Crippen MR) is 100 cm³/mol. The first-order valence-corrected chi connectivity index (χ1v) is 9.20. The molecule has 0 saturated heterocycles. The van der Waals surface area contributed by atoms with Gasteiger partial charge in [0.05, 0.1) is 0 Å². The molecule has 2 aromatic rings. The van der Waals surface area contributed by atoms with Crippen LogP contribution in [-0.2, 0) is 26.3 Å². The molecule has 1 aromatic carbocycles. The van der Waals surface area contributed by atoms with Crippen molar-refractivity contribution in [2.75, 3.05) is 6.54 Å². The SMILES string of the molecule is Cn1c2c(cc(C(=O)NCCc3ccccc3)c1=O)CCCCCC2. The fourth-order valence-electron chi connectivity index (χ4n) is 3.57. The monoisotopic (exact) mass is 338 g/mol. The van der Waals surface area contributed by atoms with E-state index < -0.39 is 0 Å². The average molecular weight is 338 g/mol. The topological polar surface area (TPSA) is 51.1 Å². The van der Waals surface area contributed by atoms with Crippen molar-refractivity contribution < 1.29 is 4.79 Å². The standard InChI is InChI=1S/C21H26N2O2/c1-23-19-12-8-3-2-7-11-17(19)15-18(21(23)25)20(24)22-14-13-16-9-5-4-6-10-16/h4-6,9-10,15H,2-3,7-8,11-14H2,1H3,(H,22,24). The number of pyridine rings is 1. The van der Waals surface area contributed by atoms with Gasteiger partial charge in [-0.15, -0.1) is 0 Å². The summed E-state index contributed by atoms with van der Waals surface area (Å²) in [4.78, 5) is 25.1. The first-order valence-electron chi connectivity index (χ1n) is 9.20. The molecule has 0 saturated carbocycles. The second-order valence-electron chi connectivity index (χ2n) is 6.80. The van der Waals surface area contributed by atoms with Crippen molar-refractivity contribution in [3.05, 3.63) is 69.1 Å². The zero-order chi connectivity index (χ0) is 17.6. The molecule has 1 aliphatic rings. The molecule has 1 amide bonds. The van der Waals surface area contributed by atoms with E-state index in [0.29, 0.717) is 6.54 Å². The Morgan fingerprint density at radius 2 is 1.80 bits per heavy atom. The number of fused-ring (bicyclic) bond motifs is 1. The highest BCUT2D eigenvalue weighted by molar-refractivity contribution is 5.94. The van der Waals surface area contributed by atoms with Crippen LogP contribution in [0, 0.1) is 0 Å². The molecular formula is C21H26N2O2. The second kappa shape index (κ2) is 8.15. The van der Waals surface area contributed by atoms with Gasteiger partial charge in [-0.05, 0) is 49.3 Å². The number of hydrogen-bond donors (Lipinski definition) is 1. The molecule has 0 atom stereocenters. The third kappa shape index (κ3) is 4.19. The lowest BCUT2D eigenvalue weighted by molar-refractivity contribution is 0.0952. The van der Waals surface area contributed by atoms with E-state index in [4.69, 9.17) is 0 Å². The summed E-state index contributed by atoms with van der Waals surface area (Å²) in [5, 5.41) is 2.90. The number of nitrogens with zero attached hydrogens (tertiary/aromatic N) is 1. The summed E-state index contributed by atoms with van der Waals surface area (Å²) in [5.74, 6) is -0.263.